The maximum atomic E-state index is 13.2. The summed E-state index contributed by atoms with van der Waals surface area (Å²) in [5.41, 5.74) is 0.600. The third kappa shape index (κ3) is 3.62. The molecule has 0 radical (unpaired) electrons. The average molecular weight is 394 g/mol. The SMILES string of the molecule is CC1CCCCC1NS(=O)(=O)c1cn(C2CCCC2)nc1-c1cccs1. The van der Waals surface area contributed by atoms with Crippen LogP contribution in [0.2, 0.25) is 0 Å². The summed E-state index contributed by atoms with van der Waals surface area (Å²) < 4.78 is 31.4. The van der Waals surface area contributed by atoms with Crippen LogP contribution in [0, 0.1) is 5.92 Å². The van der Waals surface area contributed by atoms with Crippen LogP contribution in [0.25, 0.3) is 10.6 Å². The molecule has 0 amide bonds. The lowest BCUT2D eigenvalue weighted by atomic mass is 9.87. The normalized spacial score (nSPS) is 25.0. The van der Waals surface area contributed by atoms with Gasteiger partial charge in [0.2, 0.25) is 10.0 Å². The smallest absolute Gasteiger partial charge is 0.244 e. The molecule has 2 atom stereocenters. The van der Waals surface area contributed by atoms with Crippen molar-refractivity contribution >= 4 is 21.4 Å². The van der Waals surface area contributed by atoms with Crippen molar-refractivity contribution in [2.24, 2.45) is 5.92 Å². The van der Waals surface area contributed by atoms with E-state index in [4.69, 9.17) is 5.10 Å². The minimum atomic E-state index is -3.58. The topological polar surface area (TPSA) is 64.0 Å². The highest BCUT2D eigenvalue weighted by Gasteiger charge is 2.31. The fourth-order valence-electron chi connectivity index (χ4n) is 4.27. The van der Waals surface area contributed by atoms with E-state index >= 15 is 0 Å². The number of hydrogen-bond acceptors (Lipinski definition) is 4. The Morgan fingerprint density at radius 3 is 2.58 bits per heavy atom. The summed E-state index contributed by atoms with van der Waals surface area (Å²) in [6, 6.07) is 4.25. The van der Waals surface area contributed by atoms with Crippen LogP contribution in [0.1, 0.15) is 64.3 Å². The summed E-state index contributed by atoms with van der Waals surface area (Å²) in [5.74, 6) is 0.383. The van der Waals surface area contributed by atoms with Gasteiger partial charge in [-0.2, -0.15) is 5.10 Å². The van der Waals surface area contributed by atoms with E-state index in [1.807, 2.05) is 22.2 Å². The summed E-state index contributed by atoms with van der Waals surface area (Å²) in [4.78, 5) is 1.25. The van der Waals surface area contributed by atoms with E-state index in [9.17, 15) is 8.42 Å². The van der Waals surface area contributed by atoms with Crippen molar-refractivity contribution in [3.63, 3.8) is 0 Å². The van der Waals surface area contributed by atoms with Crippen molar-refractivity contribution in [3.05, 3.63) is 23.7 Å². The van der Waals surface area contributed by atoms with Gasteiger partial charge in [0.25, 0.3) is 0 Å². The molecule has 2 saturated carbocycles. The van der Waals surface area contributed by atoms with Gasteiger partial charge < -0.3 is 0 Å². The van der Waals surface area contributed by atoms with Gasteiger partial charge in [-0.25, -0.2) is 13.1 Å². The lowest BCUT2D eigenvalue weighted by Gasteiger charge is -2.29. The molecular formula is C19H27N3O2S2. The van der Waals surface area contributed by atoms with Crippen LogP contribution in [0.5, 0.6) is 0 Å². The lowest BCUT2D eigenvalue weighted by molar-refractivity contribution is 0.310. The van der Waals surface area contributed by atoms with Crippen LogP contribution in [0.15, 0.2) is 28.6 Å². The largest absolute Gasteiger partial charge is 0.268 e. The van der Waals surface area contributed by atoms with E-state index in [1.54, 1.807) is 17.5 Å². The highest BCUT2D eigenvalue weighted by molar-refractivity contribution is 7.89. The molecule has 142 valence electrons. The number of nitrogens with one attached hydrogen (secondary N) is 1. The molecule has 1 N–H and O–H groups in total. The fourth-order valence-corrected chi connectivity index (χ4v) is 6.58. The summed E-state index contributed by atoms with van der Waals surface area (Å²) >= 11 is 1.54. The van der Waals surface area contributed by atoms with Gasteiger partial charge in [-0.15, -0.1) is 11.3 Å². The van der Waals surface area contributed by atoms with E-state index in [0.717, 1.165) is 37.0 Å². The van der Waals surface area contributed by atoms with Gasteiger partial charge in [-0.1, -0.05) is 38.7 Å². The molecule has 2 aromatic rings. The standard InChI is InChI=1S/C19H27N3O2S2/c1-14-7-2-5-10-16(14)21-26(23,24)18-13-22(15-8-3-4-9-15)20-19(18)17-11-6-12-25-17/h6,11-16,21H,2-5,7-10H2,1H3. The Kier molecular flexibility index (Phi) is 5.21. The monoisotopic (exact) mass is 393 g/mol. The highest BCUT2D eigenvalue weighted by Crippen LogP contribution is 2.35. The van der Waals surface area contributed by atoms with Crippen molar-refractivity contribution in [2.75, 3.05) is 0 Å². The second-order valence-electron chi connectivity index (χ2n) is 7.73. The molecule has 0 saturated heterocycles. The van der Waals surface area contributed by atoms with Crippen molar-refractivity contribution in [3.8, 4) is 10.6 Å². The van der Waals surface area contributed by atoms with Gasteiger partial charge in [0.15, 0.2) is 0 Å². The zero-order valence-electron chi connectivity index (χ0n) is 15.2. The number of nitrogens with zero attached hydrogens (tertiary/aromatic N) is 2. The van der Waals surface area contributed by atoms with Gasteiger partial charge in [0.05, 0.1) is 10.9 Å². The second-order valence-corrected chi connectivity index (χ2v) is 10.4. The molecule has 2 fully saturated rings. The molecule has 0 bridgehead atoms. The summed E-state index contributed by atoms with van der Waals surface area (Å²) in [5, 5.41) is 6.69. The molecule has 7 heteroatoms. The maximum absolute atomic E-state index is 13.2. The average Bonchev–Trinajstić information content (AvgIpc) is 3.37. The van der Waals surface area contributed by atoms with Crippen molar-refractivity contribution in [1.29, 1.82) is 0 Å². The van der Waals surface area contributed by atoms with E-state index in [1.165, 1.54) is 19.3 Å². The highest BCUT2D eigenvalue weighted by atomic mass is 32.2. The van der Waals surface area contributed by atoms with Crippen molar-refractivity contribution in [1.82, 2.24) is 14.5 Å². The molecule has 2 aliphatic carbocycles. The van der Waals surface area contributed by atoms with Gasteiger partial charge >= 0.3 is 0 Å². The Morgan fingerprint density at radius 2 is 1.88 bits per heavy atom. The molecule has 5 nitrogen and oxygen atoms in total. The molecule has 2 unspecified atom stereocenters. The first-order valence-corrected chi connectivity index (χ1v) is 12.1. The zero-order chi connectivity index (χ0) is 18.1. The van der Waals surface area contributed by atoms with Gasteiger partial charge in [0.1, 0.15) is 10.6 Å². The zero-order valence-corrected chi connectivity index (χ0v) is 16.9. The van der Waals surface area contributed by atoms with Crippen molar-refractivity contribution in [2.45, 2.75) is 75.3 Å². The third-order valence-corrected chi connectivity index (χ3v) is 8.23. The minimum Gasteiger partial charge on any atom is -0.268 e. The van der Waals surface area contributed by atoms with Crippen LogP contribution in [0.4, 0.5) is 0 Å². The fraction of sp³-hybridized carbons (Fsp3) is 0.632. The summed E-state index contributed by atoms with van der Waals surface area (Å²) in [6.07, 6.45) is 10.6. The van der Waals surface area contributed by atoms with Crippen LogP contribution in [-0.4, -0.2) is 24.2 Å². The van der Waals surface area contributed by atoms with Crippen LogP contribution < -0.4 is 4.72 Å². The van der Waals surface area contributed by atoms with E-state index in [0.29, 0.717) is 22.5 Å². The van der Waals surface area contributed by atoms with Crippen molar-refractivity contribution < 1.29 is 8.42 Å². The Morgan fingerprint density at radius 1 is 1.15 bits per heavy atom. The number of thiophene rings is 1. The molecule has 2 heterocycles. The lowest BCUT2D eigenvalue weighted by Crippen LogP contribution is -2.41. The summed E-state index contributed by atoms with van der Waals surface area (Å²) in [6.45, 7) is 2.15. The number of aromatic nitrogens is 2. The minimum absolute atomic E-state index is 0.0276. The first-order valence-electron chi connectivity index (χ1n) is 9.70. The number of sulfonamides is 1. The van der Waals surface area contributed by atoms with Gasteiger partial charge in [-0.05, 0) is 43.0 Å². The first-order chi connectivity index (χ1) is 12.5. The molecule has 4 rings (SSSR count). The molecular weight excluding hydrogens is 366 g/mol. The molecule has 2 aromatic heterocycles. The molecule has 2 aliphatic rings. The quantitative estimate of drug-likeness (QED) is 0.808. The van der Waals surface area contributed by atoms with E-state index in [2.05, 4.69) is 11.6 Å². The predicted molar refractivity (Wildman–Crippen MR) is 105 cm³/mol. The van der Waals surface area contributed by atoms with Crippen LogP contribution in [0.3, 0.4) is 0 Å². The molecule has 26 heavy (non-hydrogen) atoms. The maximum Gasteiger partial charge on any atom is 0.244 e. The van der Waals surface area contributed by atoms with Gasteiger partial charge in [0, 0.05) is 12.2 Å². The Hall–Kier alpha value is -1.18. The summed E-state index contributed by atoms with van der Waals surface area (Å²) in [7, 11) is -3.58. The first kappa shape index (κ1) is 18.2. The van der Waals surface area contributed by atoms with Gasteiger partial charge in [-0.3, -0.25) is 4.68 Å². The number of hydrogen-bond donors (Lipinski definition) is 1. The molecule has 0 spiro atoms. The second kappa shape index (κ2) is 7.44. The Labute approximate surface area is 159 Å². The van der Waals surface area contributed by atoms with E-state index < -0.39 is 10.0 Å². The Bertz CT molecular complexity index is 836. The Balaban J connectivity index is 1.69. The number of rotatable bonds is 5. The third-order valence-electron chi connectivity index (χ3n) is 5.86. The molecule has 0 aliphatic heterocycles. The van der Waals surface area contributed by atoms with Crippen LogP contribution >= 0.6 is 11.3 Å². The predicted octanol–water partition coefficient (Wildman–Crippen LogP) is 4.58. The van der Waals surface area contributed by atoms with Crippen LogP contribution in [-0.2, 0) is 10.0 Å². The van der Waals surface area contributed by atoms with E-state index in [-0.39, 0.29) is 6.04 Å². The molecule has 0 aromatic carbocycles.